The zero-order valence-electron chi connectivity index (χ0n) is 13.9. The molecule has 136 valence electrons. The highest BCUT2D eigenvalue weighted by Crippen LogP contribution is 2.41. The minimum Gasteiger partial charge on any atom is -0.352 e. The van der Waals surface area contributed by atoms with Crippen LogP contribution in [-0.2, 0) is 6.18 Å². The van der Waals surface area contributed by atoms with E-state index >= 15 is 0 Å². The maximum absolute atomic E-state index is 12.9. The number of nitrogens with zero attached hydrogens (tertiary/aromatic N) is 6. The van der Waals surface area contributed by atoms with Gasteiger partial charge in [0.1, 0.15) is 29.5 Å². The molecule has 2 bridgehead atoms. The standard InChI is InChI=1S/C17H17F3N6/c18-17(19,20)13-6-15(23-9-22-13)25-7-11-5-12(8-25)26(11)14-3-4-21-16(24-14)10-1-2-10/h3-4,6,9-12H,1-2,5,7-8H2. The first-order chi connectivity index (χ1) is 12.5. The summed E-state index contributed by atoms with van der Waals surface area (Å²) in [4.78, 5) is 20.6. The highest BCUT2D eigenvalue weighted by molar-refractivity contribution is 5.52. The van der Waals surface area contributed by atoms with Crippen LogP contribution in [0.25, 0.3) is 0 Å². The van der Waals surface area contributed by atoms with Gasteiger partial charge in [0, 0.05) is 31.3 Å². The summed E-state index contributed by atoms with van der Waals surface area (Å²) < 4.78 is 38.6. The second kappa shape index (κ2) is 5.52. The average molecular weight is 362 g/mol. The van der Waals surface area contributed by atoms with Gasteiger partial charge in [0.2, 0.25) is 0 Å². The summed E-state index contributed by atoms with van der Waals surface area (Å²) >= 11 is 0. The zero-order valence-corrected chi connectivity index (χ0v) is 13.9. The lowest BCUT2D eigenvalue weighted by Crippen LogP contribution is -2.69. The van der Waals surface area contributed by atoms with Crippen LogP contribution in [-0.4, -0.2) is 45.1 Å². The van der Waals surface area contributed by atoms with Crippen molar-refractivity contribution >= 4 is 11.6 Å². The van der Waals surface area contributed by atoms with E-state index in [1.165, 1.54) is 0 Å². The van der Waals surface area contributed by atoms with Gasteiger partial charge in [-0.3, -0.25) is 0 Å². The molecule has 1 saturated carbocycles. The van der Waals surface area contributed by atoms with Crippen LogP contribution in [0.3, 0.4) is 0 Å². The molecule has 1 aliphatic carbocycles. The fourth-order valence-electron chi connectivity index (χ4n) is 3.89. The maximum Gasteiger partial charge on any atom is 0.433 e. The fourth-order valence-corrected chi connectivity index (χ4v) is 3.89. The molecule has 0 radical (unpaired) electrons. The molecule has 2 atom stereocenters. The molecule has 2 unspecified atom stereocenters. The van der Waals surface area contributed by atoms with Crippen LogP contribution in [0.15, 0.2) is 24.7 Å². The number of halogens is 3. The van der Waals surface area contributed by atoms with Gasteiger partial charge in [0.05, 0.1) is 12.1 Å². The van der Waals surface area contributed by atoms with Crippen LogP contribution < -0.4 is 9.80 Å². The van der Waals surface area contributed by atoms with E-state index in [1.54, 1.807) is 0 Å². The predicted octanol–water partition coefficient (Wildman–Crippen LogP) is 2.63. The summed E-state index contributed by atoms with van der Waals surface area (Å²) in [5, 5.41) is 0. The van der Waals surface area contributed by atoms with Gasteiger partial charge in [-0.15, -0.1) is 0 Å². The van der Waals surface area contributed by atoms with E-state index in [-0.39, 0.29) is 12.1 Å². The van der Waals surface area contributed by atoms with Gasteiger partial charge >= 0.3 is 6.18 Å². The first-order valence-corrected chi connectivity index (χ1v) is 8.74. The Bertz CT molecular complexity index is 825. The van der Waals surface area contributed by atoms with Gasteiger partial charge in [-0.25, -0.2) is 19.9 Å². The minimum absolute atomic E-state index is 0.236. The van der Waals surface area contributed by atoms with Gasteiger partial charge < -0.3 is 9.80 Å². The molecule has 2 aromatic heterocycles. The summed E-state index contributed by atoms with van der Waals surface area (Å²) in [5.74, 6) is 2.67. The quantitative estimate of drug-likeness (QED) is 0.837. The molecule has 0 aromatic carbocycles. The number of hydrogen-bond acceptors (Lipinski definition) is 6. The minimum atomic E-state index is -4.46. The summed E-state index contributed by atoms with van der Waals surface area (Å²) in [5.41, 5.74) is -0.900. The molecule has 2 aromatic rings. The van der Waals surface area contributed by atoms with Crippen molar-refractivity contribution in [2.75, 3.05) is 22.9 Å². The van der Waals surface area contributed by atoms with Crippen molar-refractivity contribution in [3.05, 3.63) is 36.2 Å². The Morgan fingerprint density at radius 2 is 1.77 bits per heavy atom. The zero-order chi connectivity index (χ0) is 17.9. The normalized spacial score (nSPS) is 25.2. The van der Waals surface area contributed by atoms with Crippen molar-refractivity contribution in [1.82, 2.24) is 19.9 Å². The number of anilines is 2. The molecule has 3 saturated heterocycles. The number of piperidine rings is 1. The molecule has 6 nitrogen and oxygen atoms in total. The maximum atomic E-state index is 12.9. The van der Waals surface area contributed by atoms with E-state index in [0.29, 0.717) is 24.8 Å². The van der Waals surface area contributed by atoms with Crippen LogP contribution >= 0.6 is 0 Å². The monoisotopic (exact) mass is 362 g/mol. The highest BCUT2D eigenvalue weighted by Gasteiger charge is 2.46. The van der Waals surface area contributed by atoms with Crippen LogP contribution in [0.4, 0.5) is 24.8 Å². The Morgan fingerprint density at radius 1 is 1.00 bits per heavy atom. The van der Waals surface area contributed by atoms with Crippen molar-refractivity contribution < 1.29 is 13.2 Å². The Labute approximate surface area is 148 Å². The van der Waals surface area contributed by atoms with E-state index in [9.17, 15) is 13.2 Å². The number of rotatable bonds is 3. The van der Waals surface area contributed by atoms with Gasteiger partial charge in [0.25, 0.3) is 0 Å². The molecule has 0 amide bonds. The Balaban J connectivity index is 1.34. The lowest BCUT2D eigenvalue weighted by atomic mass is 9.87. The molecule has 0 N–H and O–H groups in total. The lowest BCUT2D eigenvalue weighted by molar-refractivity contribution is -0.141. The topological polar surface area (TPSA) is 58.0 Å². The van der Waals surface area contributed by atoms with Gasteiger partial charge in [-0.05, 0) is 25.3 Å². The number of fused-ring (bicyclic) bond motifs is 2. The summed E-state index contributed by atoms with van der Waals surface area (Å²) in [6.45, 7) is 1.27. The summed E-state index contributed by atoms with van der Waals surface area (Å²) in [7, 11) is 0. The van der Waals surface area contributed by atoms with Gasteiger partial charge in [-0.1, -0.05) is 0 Å². The summed E-state index contributed by atoms with van der Waals surface area (Å²) in [6.07, 6.45) is 1.67. The molecular weight excluding hydrogens is 345 g/mol. The van der Waals surface area contributed by atoms with E-state index in [0.717, 1.165) is 43.3 Å². The van der Waals surface area contributed by atoms with Crippen LogP contribution in [0.1, 0.15) is 36.7 Å². The van der Waals surface area contributed by atoms with E-state index in [4.69, 9.17) is 4.98 Å². The third-order valence-electron chi connectivity index (χ3n) is 5.33. The third-order valence-corrected chi connectivity index (χ3v) is 5.33. The fraction of sp³-hybridized carbons (Fsp3) is 0.529. The van der Waals surface area contributed by atoms with Crippen LogP contribution in [0.2, 0.25) is 0 Å². The van der Waals surface area contributed by atoms with E-state index in [1.807, 2.05) is 17.2 Å². The number of piperazine rings is 1. The van der Waals surface area contributed by atoms with Crippen molar-refractivity contribution in [3.63, 3.8) is 0 Å². The van der Waals surface area contributed by atoms with Crippen molar-refractivity contribution in [1.29, 1.82) is 0 Å². The molecule has 5 heterocycles. The predicted molar refractivity (Wildman–Crippen MR) is 87.9 cm³/mol. The SMILES string of the molecule is FC(F)(F)c1cc(N2CC3CC(C2)N3c2ccnc(C3CC3)n2)ncn1. The van der Waals surface area contributed by atoms with E-state index < -0.39 is 11.9 Å². The highest BCUT2D eigenvalue weighted by atomic mass is 19.4. The Hall–Kier alpha value is -2.45. The first kappa shape index (κ1) is 15.8. The van der Waals surface area contributed by atoms with Gasteiger partial charge in [0.15, 0.2) is 0 Å². The number of alkyl halides is 3. The molecule has 4 aliphatic rings. The molecule has 6 rings (SSSR count). The molecule has 26 heavy (non-hydrogen) atoms. The molecular formula is C17H17F3N6. The smallest absolute Gasteiger partial charge is 0.352 e. The van der Waals surface area contributed by atoms with Crippen molar-refractivity contribution in [2.24, 2.45) is 0 Å². The number of aromatic nitrogens is 4. The number of hydrogen-bond donors (Lipinski definition) is 0. The van der Waals surface area contributed by atoms with Crippen LogP contribution in [0, 0.1) is 0 Å². The van der Waals surface area contributed by atoms with Crippen LogP contribution in [0.5, 0.6) is 0 Å². The second-order valence-corrected chi connectivity index (χ2v) is 7.16. The van der Waals surface area contributed by atoms with E-state index in [2.05, 4.69) is 19.9 Å². The van der Waals surface area contributed by atoms with Crippen molar-refractivity contribution in [2.45, 2.75) is 43.4 Å². The lowest BCUT2D eigenvalue weighted by Gasteiger charge is -2.57. The Kier molecular flexibility index (Phi) is 3.35. The average Bonchev–Trinajstić information content (AvgIpc) is 3.47. The molecule has 0 spiro atoms. The Morgan fingerprint density at radius 3 is 2.46 bits per heavy atom. The second-order valence-electron chi connectivity index (χ2n) is 7.16. The first-order valence-electron chi connectivity index (χ1n) is 8.74. The molecule has 3 aliphatic heterocycles. The largest absolute Gasteiger partial charge is 0.433 e. The van der Waals surface area contributed by atoms with Crippen molar-refractivity contribution in [3.8, 4) is 0 Å². The third kappa shape index (κ3) is 2.65. The summed E-state index contributed by atoms with van der Waals surface area (Å²) in [6, 6.07) is 3.43. The molecule has 4 fully saturated rings. The van der Waals surface area contributed by atoms with Gasteiger partial charge in [-0.2, -0.15) is 13.2 Å². The molecule has 9 heteroatoms.